The summed E-state index contributed by atoms with van der Waals surface area (Å²) < 4.78 is 6.40. The van der Waals surface area contributed by atoms with Gasteiger partial charge in [0.15, 0.2) is 5.11 Å². The van der Waals surface area contributed by atoms with Crippen molar-refractivity contribution in [2.24, 2.45) is 11.8 Å². The first-order valence-corrected chi connectivity index (χ1v) is 14.5. The molecule has 2 aromatic carbocycles. The molecule has 210 valence electrons. The second-order valence-corrected chi connectivity index (χ2v) is 11.8. The highest BCUT2D eigenvalue weighted by Gasteiger charge is 2.43. The van der Waals surface area contributed by atoms with Crippen molar-refractivity contribution in [2.45, 2.75) is 32.4 Å². The number of rotatable bonds is 6. The van der Waals surface area contributed by atoms with Crippen LogP contribution in [-0.4, -0.2) is 28.1 Å². The largest absolute Gasteiger partial charge is 0.459 e. The molecule has 41 heavy (non-hydrogen) atoms. The number of thiocarbonyl (C=S) groups is 1. The fraction of sp³-hybridized carbons (Fsp3) is 0.290. The Morgan fingerprint density at radius 1 is 1.05 bits per heavy atom. The predicted octanol–water partition coefficient (Wildman–Crippen LogP) is 7.56. The maximum Gasteiger partial charge on any atom is 0.269 e. The number of non-ortho nitro benzene ring substituents is 1. The van der Waals surface area contributed by atoms with Gasteiger partial charge in [-0.25, -0.2) is 0 Å². The van der Waals surface area contributed by atoms with Crippen LogP contribution >= 0.6 is 23.8 Å². The number of benzene rings is 2. The number of nitro groups is 1. The number of piperidine rings is 1. The van der Waals surface area contributed by atoms with Gasteiger partial charge in [-0.05, 0) is 85.1 Å². The molecule has 1 N–H and O–H groups in total. The van der Waals surface area contributed by atoms with E-state index in [1.54, 1.807) is 18.3 Å². The van der Waals surface area contributed by atoms with Crippen molar-refractivity contribution in [3.63, 3.8) is 0 Å². The Labute approximate surface area is 249 Å². The summed E-state index contributed by atoms with van der Waals surface area (Å²) in [5.41, 5.74) is 3.48. The molecule has 6 rings (SSSR count). The molecule has 0 radical (unpaired) electrons. The van der Waals surface area contributed by atoms with Gasteiger partial charge in [0.05, 0.1) is 27.4 Å². The molecule has 4 aromatic rings. The lowest BCUT2D eigenvalue weighted by atomic mass is 9.91. The quantitative estimate of drug-likeness (QED) is 0.140. The van der Waals surface area contributed by atoms with Gasteiger partial charge in [-0.3, -0.25) is 15.1 Å². The Morgan fingerprint density at radius 2 is 1.80 bits per heavy atom. The topological polar surface area (TPSA) is 87.7 Å². The molecule has 0 amide bonds. The van der Waals surface area contributed by atoms with Crippen LogP contribution < -0.4 is 15.1 Å². The fourth-order valence-electron chi connectivity index (χ4n) is 6.10. The van der Waals surface area contributed by atoms with E-state index in [1.807, 2.05) is 41.3 Å². The lowest BCUT2D eigenvalue weighted by Gasteiger charge is -2.37. The number of hydrogen-bond donors (Lipinski definition) is 1. The summed E-state index contributed by atoms with van der Waals surface area (Å²) in [7, 11) is 0. The summed E-state index contributed by atoms with van der Waals surface area (Å²) in [4.78, 5) is 19.7. The van der Waals surface area contributed by atoms with Gasteiger partial charge < -0.3 is 19.5 Å². The average Bonchev–Trinajstić information content (AvgIpc) is 3.57. The van der Waals surface area contributed by atoms with E-state index in [0.29, 0.717) is 33.5 Å². The predicted molar refractivity (Wildman–Crippen MR) is 165 cm³/mol. The summed E-state index contributed by atoms with van der Waals surface area (Å²) in [6.07, 6.45) is 2.98. The van der Waals surface area contributed by atoms with E-state index in [2.05, 4.69) is 41.2 Å². The van der Waals surface area contributed by atoms with Crippen molar-refractivity contribution in [1.82, 2.24) is 10.3 Å². The second kappa shape index (κ2) is 11.1. The summed E-state index contributed by atoms with van der Waals surface area (Å²) in [6.45, 7) is 6.54. The average molecular weight is 588 g/mol. The zero-order chi connectivity index (χ0) is 28.7. The van der Waals surface area contributed by atoms with E-state index >= 15 is 0 Å². The van der Waals surface area contributed by atoms with Gasteiger partial charge in [0.1, 0.15) is 17.6 Å². The second-order valence-electron chi connectivity index (χ2n) is 11.0. The lowest BCUT2D eigenvalue weighted by molar-refractivity contribution is -0.384. The minimum Gasteiger partial charge on any atom is -0.459 e. The number of hydrogen-bond acceptors (Lipinski definition) is 6. The van der Waals surface area contributed by atoms with E-state index in [-0.39, 0.29) is 17.8 Å². The Kier molecular flexibility index (Phi) is 7.40. The number of furan rings is 1. The highest BCUT2D eigenvalue weighted by Crippen LogP contribution is 2.44. The number of halogens is 1. The molecule has 8 nitrogen and oxygen atoms in total. The lowest BCUT2D eigenvalue weighted by Crippen LogP contribution is -2.38. The first kappa shape index (κ1) is 27.2. The number of aromatic nitrogens is 1. The third kappa shape index (κ3) is 5.39. The van der Waals surface area contributed by atoms with Gasteiger partial charge in [0, 0.05) is 42.7 Å². The van der Waals surface area contributed by atoms with Gasteiger partial charge in [0.25, 0.3) is 5.69 Å². The molecule has 2 fully saturated rings. The van der Waals surface area contributed by atoms with Crippen molar-refractivity contribution in [1.29, 1.82) is 0 Å². The van der Waals surface area contributed by atoms with Crippen LogP contribution in [0.5, 0.6) is 0 Å². The van der Waals surface area contributed by atoms with E-state index in [9.17, 15) is 10.1 Å². The molecule has 2 aliphatic rings. The molecule has 2 saturated heterocycles. The molecule has 0 saturated carbocycles. The van der Waals surface area contributed by atoms with Crippen LogP contribution in [0.15, 0.2) is 83.4 Å². The molecule has 10 heteroatoms. The number of nitro benzene ring substituents is 1. The third-order valence-electron chi connectivity index (χ3n) is 7.80. The van der Waals surface area contributed by atoms with E-state index in [1.165, 1.54) is 18.6 Å². The molecule has 0 unspecified atom stereocenters. The van der Waals surface area contributed by atoms with Crippen LogP contribution in [0.1, 0.15) is 43.8 Å². The SMILES string of the molecule is C[C@H]1C[C@H](C)CN(c2ccc(N3C(=S)N[C@@H](c4ccccn4)[C@@H]3c3ccc(-c4ccc([N+](=O)[O-])cc4)o3)cc2Cl)C1. The van der Waals surface area contributed by atoms with Crippen LogP contribution in [0.3, 0.4) is 0 Å². The van der Waals surface area contributed by atoms with Gasteiger partial charge in [-0.1, -0.05) is 31.5 Å². The Morgan fingerprint density at radius 3 is 2.46 bits per heavy atom. The molecule has 0 spiro atoms. The van der Waals surface area contributed by atoms with Gasteiger partial charge in [-0.15, -0.1) is 0 Å². The van der Waals surface area contributed by atoms with E-state index in [4.69, 9.17) is 28.2 Å². The highest BCUT2D eigenvalue weighted by molar-refractivity contribution is 7.80. The standard InChI is InChI=1S/C31H30ClN5O3S/c1-19-15-20(2)18-35(17-19)26-11-10-23(16-24(26)32)36-30(29(34-31(36)41)25-5-3-4-14-33-25)28-13-12-27(40-28)21-6-8-22(9-7-21)37(38)39/h3-14,16,19-20,29-30H,15,17-18H2,1-2H3,(H,34,41)/t19-,20-,29-,30-/m0/s1. The molecular formula is C31H30ClN5O3S. The molecule has 0 aliphatic carbocycles. The smallest absolute Gasteiger partial charge is 0.269 e. The molecule has 4 heterocycles. The molecule has 0 bridgehead atoms. The minimum atomic E-state index is -0.416. The number of pyridine rings is 1. The van der Waals surface area contributed by atoms with Crippen LogP contribution in [0.2, 0.25) is 5.02 Å². The van der Waals surface area contributed by atoms with Crippen molar-refractivity contribution in [2.75, 3.05) is 22.9 Å². The van der Waals surface area contributed by atoms with E-state index in [0.717, 1.165) is 35.7 Å². The Hall–Kier alpha value is -3.95. The summed E-state index contributed by atoms with van der Waals surface area (Å²) in [5, 5.41) is 15.8. The number of anilines is 2. The van der Waals surface area contributed by atoms with Gasteiger partial charge >= 0.3 is 0 Å². The van der Waals surface area contributed by atoms with Crippen molar-refractivity contribution in [3.05, 3.63) is 106 Å². The summed E-state index contributed by atoms with van der Waals surface area (Å²) >= 11 is 12.8. The molecule has 4 atom stereocenters. The Bertz CT molecular complexity index is 1570. The van der Waals surface area contributed by atoms with Crippen LogP contribution in [-0.2, 0) is 0 Å². The summed E-state index contributed by atoms with van der Waals surface area (Å²) in [5.74, 6) is 2.50. The highest BCUT2D eigenvalue weighted by atomic mass is 35.5. The minimum absolute atomic E-state index is 0.0288. The van der Waals surface area contributed by atoms with Crippen LogP contribution in [0.25, 0.3) is 11.3 Å². The van der Waals surface area contributed by atoms with Crippen molar-refractivity contribution >= 4 is 46.0 Å². The van der Waals surface area contributed by atoms with Crippen molar-refractivity contribution in [3.8, 4) is 11.3 Å². The van der Waals surface area contributed by atoms with Crippen LogP contribution in [0.4, 0.5) is 17.1 Å². The maximum absolute atomic E-state index is 11.1. The summed E-state index contributed by atoms with van der Waals surface area (Å²) in [6, 6.07) is 21.4. The van der Waals surface area contributed by atoms with Crippen LogP contribution in [0, 0.1) is 22.0 Å². The Balaban J connectivity index is 1.37. The molecule has 2 aliphatic heterocycles. The monoisotopic (exact) mass is 587 g/mol. The zero-order valence-electron chi connectivity index (χ0n) is 22.7. The number of nitrogens with one attached hydrogen (secondary N) is 1. The fourth-order valence-corrected chi connectivity index (χ4v) is 6.74. The van der Waals surface area contributed by atoms with E-state index < -0.39 is 4.92 Å². The normalized spacial score (nSPS) is 22.6. The molecule has 2 aromatic heterocycles. The third-order valence-corrected chi connectivity index (χ3v) is 8.42. The van der Waals surface area contributed by atoms with Crippen molar-refractivity contribution < 1.29 is 9.34 Å². The number of nitrogens with zero attached hydrogens (tertiary/aromatic N) is 4. The van der Waals surface area contributed by atoms with Gasteiger partial charge in [-0.2, -0.15) is 0 Å². The maximum atomic E-state index is 11.1. The first-order chi connectivity index (χ1) is 19.8. The molecular weight excluding hydrogens is 558 g/mol. The zero-order valence-corrected chi connectivity index (χ0v) is 24.3. The van der Waals surface area contributed by atoms with Gasteiger partial charge in [0.2, 0.25) is 0 Å². The first-order valence-electron chi connectivity index (χ1n) is 13.7.